The van der Waals surface area contributed by atoms with Gasteiger partial charge in [-0.1, -0.05) is 49.7 Å². The van der Waals surface area contributed by atoms with Crippen LogP contribution < -0.4 is 11.1 Å². The molecule has 0 aliphatic carbocycles. The number of hydrogen-bond acceptors (Lipinski definition) is 3. The Morgan fingerprint density at radius 1 is 0.885 bits per heavy atom. The Balaban J connectivity index is 1.69. The van der Waals surface area contributed by atoms with Gasteiger partial charge in [0.1, 0.15) is 0 Å². The molecule has 1 amide bonds. The smallest absolute Gasteiger partial charge is 0.220 e. The molecule has 4 heteroatoms. The van der Waals surface area contributed by atoms with Crippen LogP contribution in [0.1, 0.15) is 54.1 Å². The molecule has 138 valence electrons. The van der Waals surface area contributed by atoms with Gasteiger partial charge in [0.15, 0.2) is 5.78 Å². The summed E-state index contributed by atoms with van der Waals surface area (Å²) in [4.78, 5) is 24.1. The van der Waals surface area contributed by atoms with Crippen molar-refractivity contribution in [2.24, 2.45) is 0 Å². The zero-order valence-electron chi connectivity index (χ0n) is 15.5. The minimum atomic E-state index is -0.0895. The minimum absolute atomic E-state index is 0.0146. The number of amides is 1. The van der Waals surface area contributed by atoms with Crippen LogP contribution in [0, 0.1) is 0 Å². The molecule has 2 rings (SSSR count). The minimum Gasteiger partial charge on any atom is -0.399 e. The number of carbonyl (C=O) groups excluding carboxylic acids is 2. The first-order valence-corrected chi connectivity index (χ1v) is 9.31. The van der Waals surface area contributed by atoms with Gasteiger partial charge >= 0.3 is 0 Å². The predicted molar refractivity (Wildman–Crippen MR) is 106 cm³/mol. The summed E-state index contributed by atoms with van der Waals surface area (Å²) in [7, 11) is 0. The Kier molecular flexibility index (Phi) is 7.87. The molecule has 0 spiro atoms. The highest BCUT2D eigenvalue weighted by Crippen LogP contribution is 2.11. The van der Waals surface area contributed by atoms with Crippen LogP contribution in [0.3, 0.4) is 0 Å². The van der Waals surface area contributed by atoms with Gasteiger partial charge in [0, 0.05) is 30.6 Å². The number of ketones is 1. The van der Waals surface area contributed by atoms with E-state index in [2.05, 4.69) is 12.2 Å². The Labute approximate surface area is 155 Å². The highest BCUT2D eigenvalue weighted by molar-refractivity contribution is 5.97. The third kappa shape index (κ3) is 6.71. The van der Waals surface area contributed by atoms with Gasteiger partial charge in [0.2, 0.25) is 5.91 Å². The molecule has 0 saturated carbocycles. The van der Waals surface area contributed by atoms with E-state index < -0.39 is 0 Å². The maximum absolute atomic E-state index is 12.2. The number of nitrogen functional groups attached to an aromatic ring is 1. The lowest BCUT2D eigenvalue weighted by molar-refractivity contribution is -0.121. The number of Topliss-reactive ketones (excluding diaryl/α,β-unsaturated/α-hetero) is 1. The molecule has 3 N–H and O–H groups in total. The number of rotatable bonds is 10. The van der Waals surface area contributed by atoms with E-state index in [-0.39, 0.29) is 24.5 Å². The Morgan fingerprint density at radius 3 is 2.15 bits per heavy atom. The fraction of sp³-hybridized carbons (Fsp3) is 0.364. The lowest BCUT2D eigenvalue weighted by Crippen LogP contribution is -2.26. The first kappa shape index (κ1) is 19.7. The maximum atomic E-state index is 12.2. The van der Waals surface area contributed by atoms with Crippen LogP contribution in [0.15, 0.2) is 48.5 Å². The summed E-state index contributed by atoms with van der Waals surface area (Å²) >= 11 is 0. The van der Waals surface area contributed by atoms with E-state index in [0.29, 0.717) is 12.1 Å². The van der Waals surface area contributed by atoms with Crippen molar-refractivity contribution < 1.29 is 9.59 Å². The van der Waals surface area contributed by atoms with Crippen molar-refractivity contribution in [1.82, 2.24) is 5.32 Å². The third-order valence-electron chi connectivity index (χ3n) is 4.39. The quantitative estimate of drug-likeness (QED) is 0.503. The van der Waals surface area contributed by atoms with Crippen molar-refractivity contribution in [3.8, 4) is 0 Å². The lowest BCUT2D eigenvalue weighted by Gasteiger charge is -2.06. The van der Waals surface area contributed by atoms with Gasteiger partial charge in [-0.2, -0.15) is 0 Å². The summed E-state index contributed by atoms with van der Waals surface area (Å²) < 4.78 is 0. The molecule has 26 heavy (non-hydrogen) atoms. The number of carbonyl (C=O) groups is 2. The van der Waals surface area contributed by atoms with Crippen LogP contribution >= 0.6 is 0 Å². The fourth-order valence-electron chi connectivity index (χ4n) is 2.73. The summed E-state index contributed by atoms with van der Waals surface area (Å²) in [6, 6.07) is 15.4. The maximum Gasteiger partial charge on any atom is 0.220 e. The Morgan fingerprint density at radius 2 is 1.50 bits per heavy atom. The van der Waals surface area contributed by atoms with Crippen molar-refractivity contribution >= 4 is 17.4 Å². The molecule has 0 saturated heterocycles. The van der Waals surface area contributed by atoms with Crippen LogP contribution in [-0.4, -0.2) is 18.2 Å². The molecular formula is C22H28N2O2. The number of unbranched alkanes of at least 4 members (excludes halogenated alkanes) is 1. The Bertz CT molecular complexity index is 706. The van der Waals surface area contributed by atoms with Crippen LogP contribution in [-0.2, 0) is 17.6 Å². The third-order valence-corrected chi connectivity index (χ3v) is 4.39. The average Bonchev–Trinajstić information content (AvgIpc) is 2.66. The van der Waals surface area contributed by atoms with E-state index in [1.165, 1.54) is 5.56 Å². The van der Waals surface area contributed by atoms with E-state index in [0.717, 1.165) is 36.9 Å². The fourth-order valence-corrected chi connectivity index (χ4v) is 2.73. The topological polar surface area (TPSA) is 72.2 Å². The molecule has 0 atom stereocenters. The summed E-state index contributed by atoms with van der Waals surface area (Å²) in [6.45, 7) is 2.72. The molecule has 2 aromatic carbocycles. The highest BCUT2D eigenvalue weighted by atomic mass is 16.2. The summed E-state index contributed by atoms with van der Waals surface area (Å²) in [5.74, 6) is -0.0749. The molecular weight excluding hydrogens is 324 g/mol. The lowest BCUT2D eigenvalue weighted by atomic mass is 10.0. The summed E-state index contributed by atoms with van der Waals surface area (Å²) in [5.41, 5.74) is 9.44. The monoisotopic (exact) mass is 352 g/mol. The molecule has 0 fully saturated rings. The van der Waals surface area contributed by atoms with E-state index in [4.69, 9.17) is 5.73 Å². The van der Waals surface area contributed by atoms with Gasteiger partial charge in [-0.15, -0.1) is 0 Å². The number of hydrogen-bond donors (Lipinski definition) is 2. The second-order valence-electron chi connectivity index (χ2n) is 6.57. The van der Waals surface area contributed by atoms with Crippen LogP contribution in [0.5, 0.6) is 0 Å². The highest BCUT2D eigenvalue weighted by Gasteiger charge is 2.09. The largest absolute Gasteiger partial charge is 0.399 e. The van der Waals surface area contributed by atoms with Gasteiger partial charge in [-0.05, 0) is 42.5 Å². The molecule has 0 aromatic heterocycles. The van der Waals surface area contributed by atoms with Crippen molar-refractivity contribution in [3.05, 3.63) is 65.2 Å². The normalized spacial score (nSPS) is 10.5. The molecule has 0 unspecified atom stereocenters. The first-order valence-electron chi connectivity index (χ1n) is 9.31. The van der Waals surface area contributed by atoms with Crippen molar-refractivity contribution in [2.75, 3.05) is 12.3 Å². The van der Waals surface area contributed by atoms with Gasteiger partial charge in [0.05, 0.1) is 0 Å². The molecule has 0 bridgehead atoms. The molecule has 2 aromatic rings. The number of benzene rings is 2. The number of aryl methyl sites for hydroxylation is 1. The molecule has 0 aliphatic heterocycles. The molecule has 0 radical (unpaired) electrons. The van der Waals surface area contributed by atoms with E-state index in [9.17, 15) is 9.59 Å². The Hall–Kier alpha value is -2.62. The number of anilines is 1. The zero-order chi connectivity index (χ0) is 18.8. The summed E-state index contributed by atoms with van der Waals surface area (Å²) in [5, 5.41) is 2.86. The average molecular weight is 352 g/mol. The number of nitrogens with two attached hydrogens (primary N) is 1. The van der Waals surface area contributed by atoms with Crippen LogP contribution in [0.25, 0.3) is 0 Å². The second-order valence-corrected chi connectivity index (χ2v) is 6.57. The summed E-state index contributed by atoms with van der Waals surface area (Å²) in [6.07, 6.45) is 4.57. The molecule has 0 heterocycles. The van der Waals surface area contributed by atoms with Gasteiger partial charge in [-0.3, -0.25) is 9.59 Å². The standard InChI is InChI=1S/C22H28N2O2/c1-2-3-4-17-5-9-19(10-6-17)21(25)13-14-22(26)24-16-15-18-7-11-20(23)12-8-18/h5-12H,2-4,13-16,23H2,1H3,(H,24,26). The number of nitrogens with one attached hydrogen (secondary N) is 1. The van der Waals surface area contributed by atoms with E-state index >= 15 is 0 Å². The SMILES string of the molecule is CCCCc1ccc(C(=O)CCC(=O)NCCc2ccc(N)cc2)cc1. The van der Waals surface area contributed by atoms with Gasteiger partial charge in [-0.25, -0.2) is 0 Å². The van der Waals surface area contributed by atoms with Gasteiger partial charge in [0.25, 0.3) is 0 Å². The van der Waals surface area contributed by atoms with Crippen molar-refractivity contribution in [2.45, 2.75) is 45.4 Å². The molecule has 4 nitrogen and oxygen atoms in total. The van der Waals surface area contributed by atoms with E-state index in [1.54, 1.807) is 0 Å². The van der Waals surface area contributed by atoms with Crippen LogP contribution in [0.4, 0.5) is 5.69 Å². The van der Waals surface area contributed by atoms with E-state index in [1.807, 2.05) is 48.5 Å². The first-order chi connectivity index (χ1) is 12.6. The second kappa shape index (κ2) is 10.4. The van der Waals surface area contributed by atoms with Crippen molar-refractivity contribution in [3.63, 3.8) is 0 Å². The predicted octanol–water partition coefficient (Wildman–Crippen LogP) is 3.93. The molecule has 0 aliphatic rings. The van der Waals surface area contributed by atoms with Crippen molar-refractivity contribution in [1.29, 1.82) is 0 Å². The zero-order valence-corrected chi connectivity index (χ0v) is 15.5. The van der Waals surface area contributed by atoms with Crippen LogP contribution in [0.2, 0.25) is 0 Å². The van der Waals surface area contributed by atoms with Gasteiger partial charge < -0.3 is 11.1 Å².